The van der Waals surface area contributed by atoms with Gasteiger partial charge >= 0.3 is 0 Å². The molecule has 2 N–H and O–H groups in total. The van der Waals surface area contributed by atoms with Crippen LogP contribution in [0.4, 0.5) is 0 Å². The van der Waals surface area contributed by atoms with Crippen LogP contribution in [0.1, 0.15) is 23.2 Å². The highest BCUT2D eigenvalue weighted by atomic mass is 79.9. The summed E-state index contributed by atoms with van der Waals surface area (Å²) in [7, 11) is 1.59. The van der Waals surface area contributed by atoms with Crippen molar-refractivity contribution >= 4 is 27.7 Å². The maximum absolute atomic E-state index is 12.6. The molecule has 2 saturated heterocycles. The molecule has 24 heavy (non-hydrogen) atoms. The van der Waals surface area contributed by atoms with Crippen LogP contribution in [0, 0.1) is 5.92 Å². The van der Waals surface area contributed by atoms with Gasteiger partial charge in [-0.15, -0.1) is 0 Å². The Bertz CT molecular complexity index is 638. The molecule has 1 aromatic rings. The van der Waals surface area contributed by atoms with E-state index in [-0.39, 0.29) is 17.7 Å². The zero-order valence-corrected chi connectivity index (χ0v) is 15.3. The number of piperidine rings is 1. The van der Waals surface area contributed by atoms with Crippen LogP contribution in [0.5, 0.6) is 5.75 Å². The smallest absolute Gasteiger partial charge is 0.255 e. The lowest BCUT2D eigenvalue weighted by Gasteiger charge is -2.47. The van der Waals surface area contributed by atoms with Gasteiger partial charge in [-0.3, -0.25) is 14.5 Å². The molecule has 2 fully saturated rings. The average Bonchev–Trinajstić information content (AvgIpc) is 2.54. The molecule has 0 spiro atoms. The number of halogens is 1. The van der Waals surface area contributed by atoms with Gasteiger partial charge in [0.2, 0.25) is 5.91 Å². The van der Waals surface area contributed by atoms with Crippen LogP contribution in [0.25, 0.3) is 0 Å². The lowest BCUT2D eigenvalue weighted by molar-refractivity contribution is -0.123. The number of carbonyl (C=O) groups is 2. The number of carbonyl (C=O) groups excluding carboxylic acids is 2. The van der Waals surface area contributed by atoms with Crippen LogP contribution in [-0.2, 0) is 4.79 Å². The van der Waals surface area contributed by atoms with E-state index < -0.39 is 0 Å². The Kier molecular flexibility index (Phi) is 5.10. The Labute approximate surface area is 150 Å². The van der Waals surface area contributed by atoms with Crippen LogP contribution in [0.2, 0.25) is 0 Å². The number of nitrogens with two attached hydrogens (primary N) is 1. The molecule has 7 heteroatoms. The standard InChI is InChI=1S/C17H22BrN3O3/c1-24-13-2-3-15(18)14(8-13)17(23)21-9-12(10-21)20-6-4-11(5-7-20)16(19)22/h2-3,8,11-12H,4-7,9-10H2,1H3,(H2,19,22). The number of benzene rings is 1. The molecule has 0 saturated carbocycles. The minimum Gasteiger partial charge on any atom is -0.497 e. The molecular weight excluding hydrogens is 374 g/mol. The minimum absolute atomic E-state index is 0.00630. The predicted octanol–water partition coefficient (Wildman–Crippen LogP) is 1.48. The fraction of sp³-hybridized carbons (Fsp3) is 0.529. The Morgan fingerprint density at radius 2 is 1.92 bits per heavy atom. The van der Waals surface area contributed by atoms with Crippen molar-refractivity contribution in [2.75, 3.05) is 33.3 Å². The van der Waals surface area contributed by atoms with E-state index in [1.54, 1.807) is 13.2 Å². The van der Waals surface area contributed by atoms with E-state index >= 15 is 0 Å². The SMILES string of the molecule is COc1ccc(Br)c(C(=O)N2CC(N3CCC(C(N)=O)CC3)C2)c1. The topological polar surface area (TPSA) is 75.9 Å². The minimum atomic E-state index is -0.192. The highest BCUT2D eigenvalue weighted by molar-refractivity contribution is 9.10. The Hall–Kier alpha value is -1.60. The maximum Gasteiger partial charge on any atom is 0.255 e. The van der Waals surface area contributed by atoms with Crippen LogP contribution in [-0.4, -0.2) is 60.9 Å². The molecule has 3 rings (SSSR count). The number of hydrogen-bond donors (Lipinski definition) is 1. The number of amides is 2. The van der Waals surface area contributed by atoms with E-state index in [1.165, 1.54) is 0 Å². The molecule has 0 atom stereocenters. The number of nitrogens with zero attached hydrogens (tertiary/aromatic N) is 2. The molecule has 0 aliphatic carbocycles. The summed E-state index contributed by atoms with van der Waals surface area (Å²) in [4.78, 5) is 28.1. The number of primary amides is 1. The number of ether oxygens (including phenoxy) is 1. The third kappa shape index (κ3) is 3.42. The number of methoxy groups -OCH3 is 1. The highest BCUT2D eigenvalue weighted by Gasteiger charge is 2.37. The van der Waals surface area contributed by atoms with Crippen molar-refractivity contribution in [2.24, 2.45) is 11.7 Å². The molecule has 6 nitrogen and oxygen atoms in total. The van der Waals surface area contributed by atoms with Gasteiger partial charge in [0.25, 0.3) is 5.91 Å². The molecule has 0 unspecified atom stereocenters. The van der Waals surface area contributed by atoms with E-state index in [1.807, 2.05) is 17.0 Å². The van der Waals surface area contributed by atoms with Gasteiger partial charge in [0.15, 0.2) is 0 Å². The van der Waals surface area contributed by atoms with Gasteiger partial charge in [-0.25, -0.2) is 0 Å². The largest absolute Gasteiger partial charge is 0.497 e. The molecule has 0 radical (unpaired) electrons. The normalized spacial score (nSPS) is 19.8. The van der Waals surface area contributed by atoms with Crippen LogP contribution >= 0.6 is 15.9 Å². The second kappa shape index (κ2) is 7.11. The van der Waals surface area contributed by atoms with Crippen molar-refractivity contribution in [3.8, 4) is 5.75 Å². The van der Waals surface area contributed by atoms with Crippen LogP contribution in [0.15, 0.2) is 22.7 Å². The van der Waals surface area contributed by atoms with Gasteiger partial charge in [0, 0.05) is 29.5 Å². The zero-order valence-electron chi connectivity index (χ0n) is 13.7. The first-order valence-electron chi connectivity index (χ1n) is 8.15. The van der Waals surface area contributed by atoms with Crippen molar-refractivity contribution in [1.29, 1.82) is 0 Å². The number of hydrogen-bond acceptors (Lipinski definition) is 4. The predicted molar refractivity (Wildman–Crippen MR) is 93.9 cm³/mol. The molecule has 130 valence electrons. The molecule has 1 aromatic carbocycles. The van der Waals surface area contributed by atoms with Gasteiger partial charge in [0.1, 0.15) is 5.75 Å². The summed E-state index contributed by atoms with van der Waals surface area (Å²) >= 11 is 3.44. The fourth-order valence-electron chi connectivity index (χ4n) is 3.37. The Balaban J connectivity index is 1.55. The van der Waals surface area contributed by atoms with Crippen LogP contribution in [0.3, 0.4) is 0 Å². The van der Waals surface area contributed by atoms with Gasteiger partial charge in [-0.1, -0.05) is 0 Å². The summed E-state index contributed by atoms with van der Waals surface area (Å²) in [6, 6.07) is 5.80. The quantitative estimate of drug-likeness (QED) is 0.837. The van der Waals surface area contributed by atoms with Crippen molar-refractivity contribution in [1.82, 2.24) is 9.80 Å². The van der Waals surface area contributed by atoms with E-state index in [2.05, 4.69) is 20.8 Å². The van der Waals surface area contributed by atoms with Gasteiger partial charge in [-0.05, 0) is 60.1 Å². The molecule has 2 aliphatic rings. The van der Waals surface area contributed by atoms with E-state index in [0.717, 1.165) is 43.5 Å². The molecule has 0 bridgehead atoms. The Morgan fingerprint density at radius 3 is 2.50 bits per heavy atom. The second-order valence-electron chi connectivity index (χ2n) is 6.42. The zero-order chi connectivity index (χ0) is 17.3. The third-order valence-corrected chi connectivity index (χ3v) is 5.69. The summed E-state index contributed by atoms with van der Waals surface area (Å²) in [5.74, 6) is 0.505. The number of likely N-dealkylation sites (tertiary alicyclic amines) is 2. The third-order valence-electron chi connectivity index (χ3n) is 5.00. The van der Waals surface area contributed by atoms with E-state index in [0.29, 0.717) is 17.4 Å². The highest BCUT2D eigenvalue weighted by Crippen LogP contribution is 2.28. The van der Waals surface area contributed by atoms with E-state index in [9.17, 15) is 9.59 Å². The van der Waals surface area contributed by atoms with E-state index in [4.69, 9.17) is 10.5 Å². The first-order valence-corrected chi connectivity index (χ1v) is 8.95. The summed E-state index contributed by atoms with van der Waals surface area (Å²) in [5.41, 5.74) is 6.00. The van der Waals surface area contributed by atoms with Crippen molar-refractivity contribution in [3.63, 3.8) is 0 Å². The summed E-state index contributed by atoms with van der Waals surface area (Å²) in [6.45, 7) is 3.21. The van der Waals surface area contributed by atoms with Gasteiger partial charge in [-0.2, -0.15) is 0 Å². The van der Waals surface area contributed by atoms with Gasteiger partial charge in [0.05, 0.1) is 12.7 Å². The monoisotopic (exact) mass is 395 g/mol. The Morgan fingerprint density at radius 1 is 1.25 bits per heavy atom. The van der Waals surface area contributed by atoms with Crippen molar-refractivity contribution < 1.29 is 14.3 Å². The first-order chi connectivity index (χ1) is 11.5. The number of rotatable bonds is 4. The fourth-order valence-corrected chi connectivity index (χ4v) is 3.78. The molecule has 0 aromatic heterocycles. The molecule has 2 heterocycles. The lowest BCUT2D eigenvalue weighted by Crippen LogP contribution is -2.62. The van der Waals surface area contributed by atoms with Gasteiger partial charge < -0.3 is 15.4 Å². The van der Waals surface area contributed by atoms with Crippen molar-refractivity contribution in [2.45, 2.75) is 18.9 Å². The first kappa shape index (κ1) is 17.2. The lowest BCUT2D eigenvalue weighted by atomic mass is 9.93. The van der Waals surface area contributed by atoms with Crippen LogP contribution < -0.4 is 10.5 Å². The second-order valence-corrected chi connectivity index (χ2v) is 7.28. The average molecular weight is 396 g/mol. The summed E-state index contributed by atoms with van der Waals surface area (Å²) in [6.07, 6.45) is 1.64. The van der Waals surface area contributed by atoms with Crippen molar-refractivity contribution in [3.05, 3.63) is 28.2 Å². The molecular formula is C17H22BrN3O3. The summed E-state index contributed by atoms with van der Waals surface area (Å²) in [5, 5.41) is 0. The molecule has 2 amide bonds. The molecule has 2 aliphatic heterocycles. The maximum atomic E-state index is 12.6. The summed E-state index contributed by atoms with van der Waals surface area (Å²) < 4.78 is 5.98.